The van der Waals surface area contributed by atoms with Crippen molar-refractivity contribution >= 4 is 16.7 Å². The van der Waals surface area contributed by atoms with Gasteiger partial charge in [-0.15, -0.1) is 6.58 Å². The first-order chi connectivity index (χ1) is 14.2. The second-order valence-electron chi connectivity index (χ2n) is 7.04. The molecule has 156 valence electrons. The van der Waals surface area contributed by atoms with Crippen molar-refractivity contribution in [2.75, 3.05) is 38.8 Å². The minimum Gasteiger partial charge on any atom is -0.493 e. The molecule has 3 heterocycles. The number of nitrogens with zero attached hydrogens (tertiary/aromatic N) is 2. The fourth-order valence-corrected chi connectivity index (χ4v) is 3.80. The Morgan fingerprint density at radius 2 is 1.97 bits per heavy atom. The molecule has 2 saturated heterocycles. The second-order valence-corrected chi connectivity index (χ2v) is 7.04. The van der Waals surface area contributed by atoms with Crippen LogP contribution in [0.3, 0.4) is 0 Å². The minimum absolute atomic E-state index is 0.00871. The van der Waals surface area contributed by atoms with E-state index in [0.717, 1.165) is 23.1 Å². The maximum absolute atomic E-state index is 6.27. The predicted octanol–water partition coefficient (Wildman–Crippen LogP) is 2.58. The maximum atomic E-state index is 6.27. The summed E-state index contributed by atoms with van der Waals surface area (Å²) < 4.78 is 29.6. The Labute approximate surface area is 170 Å². The molecule has 2 fully saturated rings. The van der Waals surface area contributed by atoms with Crippen molar-refractivity contribution < 1.29 is 23.7 Å². The van der Waals surface area contributed by atoms with Gasteiger partial charge in [-0.2, -0.15) is 0 Å². The summed E-state index contributed by atoms with van der Waals surface area (Å²) >= 11 is 0. The third kappa shape index (κ3) is 4.14. The summed E-state index contributed by atoms with van der Waals surface area (Å²) in [6.07, 6.45) is 3.84. The summed E-state index contributed by atoms with van der Waals surface area (Å²) in [4.78, 5) is 8.69. The molecule has 1 N–H and O–H groups in total. The SMILES string of the molecule is C=CCNc1ncnc2cc(OC3CO[C@H]4CC3OC[C@@H]4OCC)c(OC)cc12. The van der Waals surface area contributed by atoms with Gasteiger partial charge in [0, 0.05) is 31.0 Å². The van der Waals surface area contributed by atoms with E-state index in [0.29, 0.717) is 37.9 Å². The average molecular weight is 401 g/mol. The van der Waals surface area contributed by atoms with Gasteiger partial charge in [0.1, 0.15) is 24.4 Å². The third-order valence-electron chi connectivity index (χ3n) is 5.24. The number of methoxy groups -OCH3 is 1. The summed E-state index contributed by atoms with van der Waals surface area (Å²) in [5.74, 6) is 1.94. The Morgan fingerprint density at radius 3 is 2.72 bits per heavy atom. The number of rotatable bonds is 8. The first-order valence-corrected chi connectivity index (χ1v) is 9.92. The van der Waals surface area contributed by atoms with Crippen molar-refractivity contribution in [3.63, 3.8) is 0 Å². The molecule has 2 bridgehead atoms. The molecule has 0 spiro atoms. The Morgan fingerprint density at radius 1 is 1.17 bits per heavy atom. The van der Waals surface area contributed by atoms with Crippen molar-refractivity contribution in [3.8, 4) is 11.5 Å². The van der Waals surface area contributed by atoms with E-state index >= 15 is 0 Å². The van der Waals surface area contributed by atoms with Crippen molar-refractivity contribution in [2.24, 2.45) is 0 Å². The van der Waals surface area contributed by atoms with E-state index in [9.17, 15) is 0 Å². The Hall–Kier alpha value is -2.42. The highest BCUT2D eigenvalue weighted by Gasteiger charge is 2.42. The normalized spacial score (nSPS) is 26.1. The van der Waals surface area contributed by atoms with Crippen LogP contribution in [0.15, 0.2) is 31.1 Å². The Balaban J connectivity index is 1.54. The molecule has 0 radical (unpaired) electrons. The molecule has 1 aromatic carbocycles. The quantitative estimate of drug-likeness (QED) is 0.676. The van der Waals surface area contributed by atoms with Crippen molar-refractivity contribution in [3.05, 3.63) is 31.1 Å². The van der Waals surface area contributed by atoms with Gasteiger partial charge in [-0.25, -0.2) is 9.97 Å². The van der Waals surface area contributed by atoms with Crippen molar-refractivity contribution in [1.82, 2.24) is 9.97 Å². The van der Waals surface area contributed by atoms with Crippen molar-refractivity contribution in [2.45, 2.75) is 37.8 Å². The molecule has 8 heteroatoms. The van der Waals surface area contributed by atoms with E-state index in [1.807, 2.05) is 19.1 Å². The fourth-order valence-electron chi connectivity index (χ4n) is 3.80. The summed E-state index contributed by atoms with van der Waals surface area (Å²) in [7, 11) is 1.62. The molecule has 29 heavy (non-hydrogen) atoms. The highest BCUT2D eigenvalue weighted by Crippen LogP contribution is 2.37. The average Bonchev–Trinajstić information content (AvgIpc) is 2.75. The van der Waals surface area contributed by atoms with E-state index in [1.54, 1.807) is 13.2 Å². The molecule has 8 nitrogen and oxygen atoms in total. The largest absolute Gasteiger partial charge is 0.493 e. The standard InChI is InChI=1S/C21H27N3O5/c1-4-6-22-21-13-7-15(25-3)18(8-14(13)23-12-24-21)29-20-11-28-16-9-17(20)27-10-19(16)26-5-2/h4,7-8,12,16-17,19-20H,1,5-6,9-11H2,2-3H3,(H,22,23,24)/t16-,17?,19-,20?/m0/s1. The molecule has 2 aliphatic rings. The summed E-state index contributed by atoms with van der Waals surface area (Å²) in [6, 6.07) is 3.75. The number of hydrogen-bond acceptors (Lipinski definition) is 8. The van der Waals surface area contributed by atoms with Crippen LogP contribution in [0, 0.1) is 0 Å². The van der Waals surface area contributed by atoms with Gasteiger partial charge in [0.15, 0.2) is 11.5 Å². The van der Waals surface area contributed by atoms with E-state index in [4.69, 9.17) is 23.7 Å². The first kappa shape index (κ1) is 19.9. The number of fused-ring (bicyclic) bond motifs is 3. The summed E-state index contributed by atoms with van der Waals surface area (Å²) in [5.41, 5.74) is 0.762. The highest BCUT2D eigenvalue weighted by molar-refractivity contribution is 5.91. The van der Waals surface area contributed by atoms with Crippen LogP contribution in [0.25, 0.3) is 10.9 Å². The van der Waals surface area contributed by atoms with E-state index in [1.165, 1.54) is 6.33 Å². The first-order valence-electron chi connectivity index (χ1n) is 9.92. The second kappa shape index (κ2) is 8.94. The minimum atomic E-state index is -0.222. The van der Waals surface area contributed by atoms with Crippen LogP contribution >= 0.6 is 0 Å². The van der Waals surface area contributed by atoms with Crippen LogP contribution in [-0.4, -0.2) is 67.9 Å². The zero-order valence-electron chi connectivity index (χ0n) is 16.8. The fraction of sp³-hybridized carbons (Fsp3) is 0.524. The van der Waals surface area contributed by atoms with Crippen molar-refractivity contribution in [1.29, 1.82) is 0 Å². The molecule has 0 amide bonds. The van der Waals surface area contributed by atoms with Gasteiger partial charge in [0.2, 0.25) is 0 Å². The number of benzene rings is 1. The Bertz CT molecular complexity index is 862. The molecule has 0 saturated carbocycles. The molecule has 1 aromatic heterocycles. The predicted molar refractivity (Wildman–Crippen MR) is 109 cm³/mol. The lowest BCUT2D eigenvalue weighted by Crippen LogP contribution is -2.55. The van der Waals surface area contributed by atoms with Gasteiger partial charge in [-0.1, -0.05) is 6.08 Å². The zero-order chi connectivity index (χ0) is 20.2. The van der Waals surface area contributed by atoms with Crippen LogP contribution in [0.2, 0.25) is 0 Å². The van der Waals surface area contributed by atoms with Crippen LogP contribution in [0.5, 0.6) is 11.5 Å². The van der Waals surface area contributed by atoms with Crippen LogP contribution in [0.4, 0.5) is 5.82 Å². The topological polar surface area (TPSA) is 84.0 Å². The molecular weight excluding hydrogens is 374 g/mol. The van der Waals surface area contributed by atoms with Crippen LogP contribution < -0.4 is 14.8 Å². The van der Waals surface area contributed by atoms with Gasteiger partial charge in [0.05, 0.1) is 38.0 Å². The molecule has 4 atom stereocenters. The molecule has 2 aromatic rings. The van der Waals surface area contributed by atoms with Gasteiger partial charge in [-0.05, 0) is 13.0 Å². The van der Waals surface area contributed by atoms with Crippen LogP contribution in [-0.2, 0) is 14.2 Å². The molecule has 4 rings (SSSR count). The molecule has 2 unspecified atom stereocenters. The zero-order valence-corrected chi connectivity index (χ0v) is 16.8. The lowest BCUT2D eigenvalue weighted by molar-refractivity contribution is -0.223. The lowest BCUT2D eigenvalue weighted by atomic mass is 9.96. The van der Waals surface area contributed by atoms with E-state index in [2.05, 4.69) is 21.9 Å². The van der Waals surface area contributed by atoms with E-state index in [-0.39, 0.29) is 24.4 Å². The molecule has 0 aliphatic carbocycles. The number of ether oxygens (including phenoxy) is 5. The van der Waals surface area contributed by atoms with Gasteiger partial charge in [0.25, 0.3) is 0 Å². The number of aromatic nitrogens is 2. The molecule has 2 aliphatic heterocycles. The third-order valence-corrected chi connectivity index (χ3v) is 5.24. The monoisotopic (exact) mass is 401 g/mol. The van der Waals surface area contributed by atoms with Gasteiger partial charge < -0.3 is 29.0 Å². The highest BCUT2D eigenvalue weighted by atomic mass is 16.6. The molecular formula is C21H27N3O5. The number of anilines is 1. The summed E-state index contributed by atoms with van der Waals surface area (Å²) in [6.45, 7) is 7.92. The van der Waals surface area contributed by atoms with E-state index < -0.39 is 0 Å². The Kier molecular flexibility index (Phi) is 6.13. The smallest absolute Gasteiger partial charge is 0.164 e. The van der Waals surface area contributed by atoms with Gasteiger partial charge in [-0.3, -0.25) is 0 Å². The van der Waals surface area contributed by atoms with Crippen LogP contribution in [0.1, 0.15) is 13.3 Å². The maximum Gasteiger partial charge on any atom is 0.164 e. The summed E-state index contributed by atoms with van der Waals surface area (Å²) in [5, 5.41) is 4.07. The number of hydrogen-bond donors (Lipinski definition) is 1. The van der Waals surface area contributed by atoms with Gasteiger partial charge >= 0.3 is 0 Å². The number of nitrogens with one attached hydrogen (secondary N) is 1. The lowest BCUT2D eigenvalue weighted by Gasteiger charge is -2.43.